The molecule has 1 amide bonds. The third kappa shape index (κ3) is 2.42. The van der Waals surface area contributed by atoms with E-state index < -0.39 is 0 Å². The van der Waals surface area contributed by atoms with Crippen LogP contribution in [0.1, 0.15) is 28.9 Å². The molecule has 8 heteroatoms. The number of pyridine rings is 1. The van der Waals surface area contributed by atoms with Gasteiger partial charge in [-0.15, -0.1) is 0 Å². The molecule has 0 N–H and O–H groups in total. The first-order chi connectivity index (χ1) is 12.8. The van der Waals surface area contributed by atoms with Gasteiger partial charge in [-0.1, -0.05) is 0 Å². The molecule has 2 aliphatic rings. The van der Waals surface area contributed by atoms with E-state index in [0.717, 1.165) is 36.0 Å². The predicted octanol–water partition coefficient (Wildman–Crippen LogP) is 1.82. The summed E-state index contributed by atoms with van der Waals surface area (Å²) in [4.78, 5) is 21.2. The molecule has 0 spiro atoms. The highest BCUT2D eigenvalue weighted by Gasteiger charge is 2.32. The van der Waals surface area contributed by atoms with Crippen LogP contribution < -0.4 is 9.80 Å². The molecule has 0 saturated carbocycles. The Bertz CT molecular complexity index is 945. The van der Waals surface area contributed by atoms with E-state index in [-0.39, 0.29) is 5.91 Å². The minimum atomic E-state index is -0.0686. The number of hydrogen-bond donors (Lipinski definition) is 0. The van der Waals surface area contributed by atoms with Crippen molar-refractivity contribution >= 4 is 17.4 Å². The van der Waals surface area contributed by atoms with E-state index in [2.05, 4.69) is 25.2 Å². The number of hydrogen-bond acceptors (Lipinski definition) is 6. The fourth-order valence-electron chi connectivity index (χ4n) is 3.50. The lowest BCUT2D eigenvalue weighted by Gasteiger charge is -2.16. The smallest absolute Gasteiger partial charge is 0.262 e. The van der Waals surface area contributed by atoms with Gasteiger partial charge in [0.2, 0.25) is 0 Å². The van der Waals surface area contributed by atoms with E-state index in [1.165, 1.54) is 12.8 Å². The molecule has 0 aliphatic carbocycles. The topological polar surface area (TPSA) is 80.0 Å². The van der Waals surface area contributed by atoms with Gasteiger partial charge in [0.1, 0.15) is 5.82 Å². The van der Waals surface area contributed by atoms with Crippen LogP contribution in [0, 0.1) is 0 Å². The summed E-state index contributed by atoms with van der Waals surface area (Å²) in [5.41, 5.74) is 2.96. The number of carbonyl (C=O) groups excluding carboxylic acids is 1. The minimum Gasteiger partial charge on any atom is -0.357 e. The molecular weight excluding hydrogens is 330 g/mol. The van der Waals surface area contributed by atoms with Crippen molar-refractivity contribution in [2.45, 2.75) is 19.4 Å². The SMILES string of the molecule is O=C1c2cn(-c3ccc(N4CCCC4)nc3)nc2CN1c1ccnnc1. The van der Waals surface area contributed by atoms with Crippen LogP contribution >= 0.6 is 0 Å². The molecule has 5 rings (SSSR count). The highest BCUT2D eigenvalue weighted by molar-refractivity contribution is 6.09. The van der Waals surface area contributed by atoms with Gasteiger partial charge in [-0.25, -0.2) is 9.67 Å². The van der Waals surface area contributed by atoms with Crippen LogP contribution in [0.4, 0.5) is 11.5 Å². The normalized spacial score (nSPS) is 16.4. The third-order valence-corrected chi connectivity index (χ3v) is 4.88. The van der Waals surface area contributed by atoms with Gasteiger partial charge >= 0.3 is 0 Å². The lowest BCUT2D eigenvalue weighted by atomic mass is 10.3. The van der Waals surface area contributed by atoms with Gasteiger partial charge in [-0.2, -0.15) is 15.3 Å². The Morgan fingerprint density at radius 3 is 2.54 bits per heavy atom. The summed E-state index contributed by atoms with van der Waals surface area (Å²) in [6, 6.07) is 5.79. The van der Waals surface area contributed by atoms with Crippen molar-refractivity contribution in [1.29, 1.82) is 0 Å². The van der Waals surface area contributed by atoms with Crippen LogP contribution in [0.2, 0.25) is 0 Å². The summed E-state index contributed by atoms with van der Waals surface area (Å²) < 4.78 is 1.73. The van der Waals surface area contributed by atoms with Crippen LogP contribution in [-0.2, 0) is 6.54 Å². The van der Waals surface area contributed by atoms with Crippen molar-refractivity contribution in [2.75, 3.05) is 22.9 Å². The van der Waals surface area contributed by atoms with Crippen LogP contribution in [-0.4, -0.2) is 44.0 Å². The zero-order chi connectivity index (χ0) is 17.5. The number of fused-ring (bicyclic) bond motifs is 1. The van der Waals surface area contributed by atoms with E-state index in [1.54, 1.807) is 34.2 Å². The Kier molecular flexibility index (Phi) is 3.41. The lowest BCUT2D eigenvalue weighted by molar-refractivity contribution is 0.0996. The van der Waals surface area contributed by atoms with Crippen LogP contribution in [0.3, 0.4) is 0 Å². The molecule has 5 heterocycles. The Balaban J connectivity index is 1.39. The maximum Gasteiger partial charge on any atom is 0.262 e. The van der Waals surface area contributed by atoms with Crippen LogP contribution in [0.15, 0.2) is 43.0 Å². The molecule has 2 aliphatic heterocycles. The summed E-state index contributed by atoms with van der Waals surface area (Å²) in [6.45, 7) is 2.57. The molecule has 3 aromatic heterocycles. The number of amides is 1. The minimum absolute atomic E-state index is 0.0686. The highest BCUT2D eigenvalue weighted by atomic mass is 16.2. The third-order valence-electron chi connectivity index (χ3n) is 4.88. The fraction of sp³-hybridized carbons (Fsp3) is 0.278. The zero-order valence-corrected chi connectivity index (χ0v) is 14.1. The van der Waals surface area contributed by atoms with Crippen molar-refractivity contribution in [3.63, 3.8) is 0 Å². The molecule has 0 unspecified atom stereocenters. The van der Waals surface area contributed by atoms with E-state index in [1.807, 2.05) is 18.3 Å². The Labute approximate surface area is 150 Å². The van der Waals surface area contributed by atoms with Gasteiger partial charge in [-0.05, 0) is 31.0 Å². The number of rotatable bonds is 3. The molecule has 130 valence electrons. The molecule has 8 nitrogen and oxygen atoms in total. The molecule has 0 atom stereocenters. The second kappa shape index (κ2) is 5.91. The standard InChI is InChI=1S/C18H17N7O/c26-18-15-11-25(14-3-4-17(19-9-14)23-7-1-2-8-23)22-16(15)12-24(18)13-5-6-20-21-10-13/h3-6,9-11H,1-2,7-8,12H2. The Morgan fingerprint density at radius 2 is 1.85 bits per heavy atom. The first kappa shape index (κ1) is 15.0. The maximum atomic E-state index is 12.7. The molecule has 3 aromatic rings. The summed E-state index contributed by atoms with van der Waals surface area (Å²) in [7, 11) is 0. The number of nitrogens with zero attached hydrogens (tertiary/aromatic N) is 7. The van der Waals surface area contributed by atoms with Crippen LogP contribution in [0.25, 0.3) is 5.69 Å². The van der Waals surface area contributed by atoms with Crippen molar-refractivity contribution in [3.05, 3.63) is 54.2 Å². The molecular formula is C18H17N7O. The maximum absolute atomic E-state index is 12.7. The number of aromatic nitrogens is 5. The number of carbonyl (C=O) groups is 1. The molecule has 0 bridgehead atoms. The first-order valence-corrected chi connectivity index (χ1v) is 8.68. The van der Waals surface area contributed by atoms with Gasteiger partial charge in [0.15, 0.2) is 0 Å². The van der Waals surface area contributed by atoms with Crippen molar-refractivity contribution in [1.82, 2.24) is 25.0 Å². The summed E-state index contributed by atoms with van der Waals surface area (Å²) in [5, 5.41) is 12.2. The second-order valence-electron chi connectivity index (χ2n) is 6.49. The number of anilines is 2. The quantitative estimate of drug-likeness (QED) is 0.719. The summed E-state index contributed by atoms with van der Waals surface area (Å²) in [5.74, 6) is 0.930. The predicted molar refractivity (Wildman–Crippen MR) is 95.4 cm³/mol. The molecule has 1 fully saturated rings. The fourth-order valence-corrected chi connectivity index (χ4v) is 3.50. The van der Waals surface area contributed by atoms with Crippen molar-refractivity contribution in [2.24, 2.45) is 0 Å². The van der Waals surface area contributed by atoms with Gasteiger partial charge in [0.05, 0.1) is 47.8 Å². The zero-order valence-electron chi connectivity index (χ0n) is 14.1. The second-order valence-corrected chi connectivity index (χ2v) is 6.49. The highest BCUT2D eigenvalue weighted by Crippen LogP contribution is 2.27. The molecule has 0 radical (unpaired) electrons. The average molecular weight is 347 g/mol. The van der Waals surface area contributed by atoms with E-state index in [4.69, 9.17) is 0 Å². The lowest BCUT2D eigenvalue weighted by Crippen LogP contribution is -2.24. The molecule has 26 heavy (non-hydrogen) atoms. The summed E-state index contributed by atoms with van der Waals surface area (Å²) >= 11 is 0. The van der Waals surface area contributed by atoms with Gasteiger partial charge < -0.3 is 9.80 Å². The van der Waals surface area contributed by atoms with Gasteiger partial charge in [0.25, 0.3) is 5.91 Å². The monoisotopic (exact) mass is 347 g/mol. The first-order valence-electron chi connectivity index (χ1n) is 8.68. The summed E-state index contributed by atoms with van der Waals surface area (Å²) in [6.07, 6.45) is 9.19. The van der Waals surface area contributed by atoms with Crippen molar-refractivity contribution in [3.8, 4) is 5.69 Å². The van der Waals surface area contributed by atoms with E-state index in [9.17, 15) is 4.79 Å². The largest absolute Gasteiger partial charge is 0.357 e. The molecule has 0 aromatic carbocycles. The van der Waals surface area contributed by atoms with Crippen molar-refractivity contribution < 1.29 is 4.79 Å². The molecule has 1 saturated heterocycles. The Morgan fingerprint density at radius 1 is 0.962 bits per heavy atom. The van der Waals surface area contributed by atoms with Gasteiger partial charge in [0, 0.05) is 19.3 Å². The van der Waals surface area contributed by atoms with E-state index in [0.29, 0.717) is 12.1 Å². The average Bonchev–Trinajstić information content (AvgIpc) is 3.41. The van der Waals surface area contributed by atoms with E-state index >= 15 is 0 Å². The van der Waals surface area contributed by atoms with Gasteiger partial charge in [-0.3, -0.25) is 4.79 Å². The van der Waals surface area contributed by atoms with Crippen LogP contribution in [0.5, 0.6) is 0 Å². The Hall–Kier alpha value is -3.29.